The maximum Gasteiger partial charge on any atom is 0.437 e. The Morgan fingerprint density at radius 3 is 1.93 bits per heavy atom. The van der Waals surface area contributed by atoms with Crippen molar-refractivity contribution < 1.29 is 38.0 Å². The second-order valence-electron chi connectivity index (χ2n) is 12.3. The van der Waals surface area contributed by atoms with Crippen molar-refractivity contribution in [2.75, 3.05) is 35.0 Å². The third-order valence-corrected chi connectivity index (χ3v) is 6.23. The van der Waals surface area contributed by atoms with Crippen molar-refractivity contribution in [2.45, 2.75) is 85.0 Å². The number of benzene rings is 2. The maximum atomic E-state index is 13.1. The molecule has 0 aliphatic rings. The van der Waals surface area contributed by atoms with Crippen LogP contribution in [0.25, 0.3) is 0 Å². The number of rotatable bonds is 10. The van der Waals surface area contributed by atoms with Gasteiger partial charge in [0.1, 0.15) is 17.0 Å². The van der Waals surface area contributed by atoms with Crippen molar-refractivity contribution in [3.63, 3.8) is 0 Å². The van der Waals surface area contributed by atoms with Crippen molar-refractivity contribution in [1.82, 2.24) is 10.2 Å². The van der Waals surface area contributed by atoms with Gasteiger partial charge < -0.3 is 33.3 Å². The van der Waals surface area contributed by atoms with E-state index in [1.807, 2.05) is 43.3 Å². The van der Waals surface area contributed by atoms with E-state index in [9.17, 15) is 9.59 Å². The van der Waals surface area contributed by atoms with Crippen molar-refractivity contribution in [1.29, 1.82) is 0 Å². The Kier molecular flexibility index (Phi) is 14.1. The molecular weight excluding hydrogens is 590 g/mol. The summed E-state index contributed by atoms with van der Waals surface area (Å²) >= 11 is 0. The molecule has 1 atom stereocenters. The molecule has 0 saturated carbocycles. The summed E-state index contributed by atoms with van der Waals surface area (Å²) in [5.41, 5.74) is -0.0508. The number of ether oxygens (including phenoxy) is 6. The molecule has 2 aromatic rings. The Bertz CT molecular complexity index is 1370. The average molecular weight is 640 g/mol. The lowest BCUT2D eigenvalue weighted by Crippen LogP contribution is -2.51. The van der Waals surface area contributed by atoms with Crippen LogP contribution in [0.5, 0.6) is 23.0 Å². The molecule has 0 aliphatic heterocycles. The highest BCUT2D eigenvalue weighted by molar-refractivity contribution is 5.99. The van der Waals surface area contributed by atoms with Gasteiger partial charge in [-0.15, -0.1) is 4.99 Å². The summed E-state index contributed by atoms with van der Waals surface area (Å²) in [6, 6.07) is 10.4. The van der Waals surface area contributed by atoms with Gasteiger partial charge >= 0.3 is 12.2 Å². The number of carbonyl (C=O) groups excluding carboxylic acids is 2. The second kappa shape index (κ2) is 17.2. The molecule has 0 aromatic heterocycles. The van der Waals surface area contributed by atoms with E-state index in [0.29, 0.717) is 42.4 Å². The zero-order valence-electron chi connectivity index (χ0n) is 29.0. The Labute approximate surface area is 273 Å². The Morgan fingerprint density at radius 1 is 0.870 bits per heavy atom. The molecule has 0 bridgehead atoms. The molecule has 0 radical (unpaired) electrons. The smallest absolute Gasteiger partial charge is 0.437 e. The van der Waals surface area contributed by atoms with Crippen LogP contribution in [0.15, 0.2) is 41.4 Å². The Morgan fingerprint density at radius 2 is 1.46 bits per heavy atom. The standard InChI is InChI=1S/C35H49N3O8/c1-12-13-20-38(31(36-32(39)45-34(2,3)4)37-33(40)46-35(5,6)7)26(17-14-24-15-18-27(41-8)19-16-24)21-25-22-28(42-9)30(44-11)29(23-25)43-10/h15-16,18-19,22-23,26H,12-13,20-21H2,1-11H3,(H,36,37,39,40). The van der Waals surface area contributed by atoms with E-state index in [2.05, 4.69) is 22.2 Å². The van der Waals surface area contributed by atoms with E-state index in [0.717, 1.165) is 17.5 Å². The number of nitrogens with zero attached hydrogens (tertiary/aromatic N) is 2. The Balaban J connectivity index is 2.77. The summed E-state index contributed by atoms with van der Waals surface area (Å²) in [5, 5.41) is 2.70. The molecule has 0 fully saturated rings. The molecule has 0 aliphatic carbocycles. The highest BCUT2D eigenvalue weighted by atomic mass is 16.6. The lowest BCUT2D eigenvalue weighted by Gasteiger charge is -2.32. The zero-order valence-corrected chi connectivity index (χ0v) is 29.0. The summed E-state index contributed by atoms with van der Waals surface area (Å²) in [7, 11) is 6.23. The summed E-state index contributed by atoms with van der Waals surface area (Å²) in [4.78, 5) is 32.2. The van der Waals surface area contributed by atoms with Gasteiger partial charge in [0.05, 0.1) is 34.5 Å². The summed E-state index contributed by atoms with van der Waals surface area (Å²) in [6.45, 7) is 12.9. The highest BCUT2D eigenvalue weighted by Crippen LogP contribution is 2.38. The molecule has 252 valence electrons. The van der Waals surface area contributed by atoms with Gasteiger partial charge in [0.25, 0.3) is 0 Å². The van der Waals surface area contributed by atoms with Gasteiger partial charge in [-0.25, -0.2) is 9.59 Å². The number of carbonyl (C=O) groups is 2. The number of nitrogens with one attached hydrogen (secondary N) is 1. The molecule has 1 N–H and O–H groups in total. The molecule has 0 heterocycles. The number of hydrogen-bond acceptors (Lipinski definition) is 8. The molecule has 11 heteroatoms. The van der Waals surface area contributed by atoms with Crippen LogP contribution in [-0.2, 0) is 15.9 Å². The fraction of sp³-hybridized carbons (Fsp3) is 0.514. The first-order valence-corrected chi connectivity index (χ1v) is 15.2. The van der Waals surface area contributed by atoms with Gasteiger partial charge in [-0.1, -0.05) is 25.2 Å². The van der Waals surface area contributed by atoms with Crippen LogP contribution < -0.4 is 24.3 Å². The predicted octanol–water partition coefficient (Wildman–Crippen LogP) is 6.60. The van der Waals surface area contributed by atoms with Crippen molar-refractivity contribution in [3.05, 3.63) is 47.5 Å². The number of unbranched alkanes of at least 4 members (excludes halogenated alkanes) is 1. The van der Waals surface area contributed by atoms with E-state index in [-0.39, 0.29) is 5.96 Å². The summed E-state index contributed by atoms with van der Waals surface area (Å²) < 4.78 is 33.0. The highest BCUT2D eigenvalue weighted by Gasteiger charge is 2.28. The van der Waals surface area contributed by atoms with E-state index in [1.54, 1.807) is 67.8 Å². The monoisotopic (exact) mass is 639 g/mol. The quantitative estimate of drug-likeness (QED) is 0.174. The van der Waals surface area contributed by atoms with Gasteiger partial charge in [-0.05, 0) is 89.9 Å². The number of hydrogen-bond donors (Lipinski definition) is 1. The Hall–Kier alpha value is -4.59. The molecule has 0 spiro atoms. The van der Waals surface area contributed by atoms with Crippen molar-refractivity contribution >= 4 is 18.1 Å². The van der Waals surface area contributed by atoms with Gasteiger partial charge in [-0.2, -0.15) is 0 Å². The van der Waals surface area contributed by atoms with Crippen molar-refractivity contribution in [2.24, 2.45) is 4.99 Å². The summed E-state index contributed by atoms with van der Waals surface area (Å²) in [5.74, 6) is 8.67. The van der Waals surface area contributed by atoms with Crippen molar-refractivity contribution in [3.8, 4) is 34.8 Å². The van der Waals surface area contributed by atoms with Crippen LogP contribution in [0.1, 0.15) is 72.4 Å². The second-order valence-corrected chi connectivity index (χ2v) is 12.3. The molecule has 2 aromatic carbocycles. The normalized spacial score (nSPS) is 12.2. The molecule has 0 saturated heterocycles. The minimum absolute atomic E-state index is 0.0431. The lowest BCUT2D eigenvalue weighted by molar-refractivity contribution is 0.0553. The van der Waals surface area contributed by atoms with Gasteiger partial charge in [0.2, 0.25) is 11.7 Å². The first kappa shape index (κ1) is 37.6. The van der Waals surface area contributed by atoms with E-state index in [1.165, 1.54) is 7.11 Å². The molecule has 1 unspecified atom stereocenters. The number of guanidine groups is 1. The number of amides is 2. The first-order valence-electron chi connectivity index (χ1n) is 15.2. The molecule has 2 rings (SSSR count). The molecule has 2 amide bonds. The first-order chi connectivity index (χ1) is 21.6. The number of alkyl carbamates (subject to hydrolysis) is 1. The third-order valence-electron chi connectivity index (χ3n) is 6.23. The fourth-order valence-electron chi connectivity index (χ4n) is 4.22. The third kappa shape index (κ3) is 12.4. The van der Waals surface area contributed by atoms with E-state index in [4.69, 9.17) is 28.4 Å². The van der Waals surface area contributed by atoms with Crippen LogP contribution >= 0.6 is 0 Å². The number of methoxy groups -OCH3 is 4. The minimum Gasteiger partial charge on any atom is -0.497 e. The predicted molar refractivity (Wildman–Crippen MR) is 178 cm³/mol. The van der Waals surface area contributed by atoms with E-state index < -0.39 is 29.4 Å². The average Bonchev–Trinajstić information content (AvgIpc) is 2.97. The van der Waals surface area contributed by atoms with Gasteiger partial charge in [0, 0.05) is 18.5 Å². The largest absolute Gasteiger partial charge is 0.497 e. The lowest BCUT2D eigenvalue weighted by atomic mass is 10.0. The van der Waals surface area contributed by atoms with Gasteiger partial charge in [-0.3, -0.25) is 5.32 Å². The topological polar surface area (TPSA) is 117 Å². The summed E-state index contributed by atoms with van der Waals surface area (Å²) in [6.07, 6.45) is 0.221. The minimum atomic E-state index is -0.866. The van der Waals surface area contributed by atoms with Crippen LogP contribution in [0.2, 0.25) is 0 Å². The zero-order chi connectivity index (χ0) is 34.5. The molecule has 46 heavy (non-hydrogen) atoms. The van der Waals surface area contributed by atoms with Crippen LogP contribution in [0.3, 0.4) is 0 Å². The van der Waals surface area contributed by atoms with E-state index >= 15 is 0 Å². The van der Waals surface area contributed by atoms with Crippen LogP contribution in [0.4, 0.5) is 9.59 Å². The van der Waals surface area contributed by atoms with Gasteiger partial charge in [0.15, 0.2) is 11.5 Å². The molecule has 11 nitrogen and oxygen atoms in total. The van der Waals surface area contributed by atoms with Crippen LogP contribution in [0, 0.1) is 11.8 Å². The van der Waals surface area contributed by atoms with Crippen LogP contribution in [-0.4, -0.2) is 75.3 Å². The SMILES string of the molecule is CCCCN(/C(=N\C(=O)OC(C)(C)C)NC(=O)OC(C)(C)C)C(C#Cc1ccc(OC)cc1)Cc1cc(OC)c(OC)c(OC)c1. The fourth-order valence-corrected chi connectivity index (χ4v) is 4.22. The number of aliphatic imine (C=N–C) groups is 1. The maximum absolute atomic E-state index is 13.1. The molecular formula is C35H49N3O8.